The van der Waals surface area contributed by atoms with Gasteiger partial charge in [-0.25, -0.2) is 19.3 Å². The van der Waals surface area contributed by atoms with Gasteiger partial charge in [0.1, 0.15) is 17.3 Å². The molecule has 1 fully saturated rings. The molecule has 3 heterocycles. The average molecular weight is 391 g/mol. The molecule has 1 amide bonds. The largest absolute Gasteiger partial charge is 0.492 e. The van der Waals surface area contributed by atoms with Crippen molar-refractivity contribution in [1.29, 1.82) is 0 Å². The Bertz CT molecular complexity index is 1160. The number of rotatable bonds is 4. The number of pyridine rings is 3. The van der Waals surface area contributed by atoms with E-state index < -0.39 is 5.82 Å². The standard InChI is InChI=1S/C21H18FN5O2/c1-23-20-16-10-25-19(27-21(28)12-3-4-12)8-15(16)13(9-26-20)5-6-14-7-17(22)18(29-2)11-24-14/h7-12H,3-4H2,1-2H3,(H,23,26)(H,25,27,28). The lowest BCUT2D eigenvalue weighted by molar-refractivity contribution is -0.117. The summed E-state index contributed by atoms with van der Waals surface area (Å²) in [6, 6.07) is 2.98. The Morgan fingerprint density at radius 3 is 2.66 bits per heavy atom. The molecule has 1 saturated carbocycles. The van der Waals surface area contributed by atoms with Gasteiger partial charge in [-0.1, -0.05) is 5.92 Å². The van der Waals surface area contributed by atoms with E-state index in [1.807, 2.05) is 0 Å². The van der Waals surface area contributed by atoms with Gasteiger partial charge in [0.05, 0.1) is 18.9 Å². The van der Waals surface area contributed by atoms with E-state index in [-0.39, 0.29) is 23.3 Å². The number of carbonyl (C=O) groups excluding carboxylic acids is 1. The quantitative estimate of drug-likeness (QED) is 0.665. The zero-order valence-corrected chi connectivity index (χ0v) is 15.9. The highest BCUT2D eigenvalue weighted by Crippen LogP contribution is 2.31. The van der Waals surface area contributed by atoms with Crippen molar-refractivity contribution in [2.75, 3.05) is 24.8 Å². The molecule has 0 spiro atoms. The predicted octanol–water partition coefficient (Wildman–Crippen LogP) is 2.96. The molecule has 3 aromatic rings. The highest BCUT2D eigenvalue weighted by atomic mass is 19.1. The van der Waals surface area contributed by atoms with E-state index in [1.165, 1.54) is 19.4 Å². The molecule has 1 aliphatic carbocycles. The van der Waals surface area contributed by atoms with Crippen LogP contribution in [-0.4, -0.2) is 35.0 Å². The average Bonchev–Trinajstić information content (AvgIpc) is 3.57. The van der Waals surface area contributed by atoms with Gasteiger partial charge in [0.2, 0.25) is 5.91 Å². The summed E-state index contributed by atoms with van der Waals surface area (Å²) >= 11 is 0. The van der Waals surface area contributed by atoms with E-state index in [0.717, 1.165) is 23.6 Å². The molecule has 0 atom stereocenters. The maximum atomic E-state index is 13.9. The van der Waals surface area contributed by atoms with Crippen LogP contribution in [0.5, 0.6) is 5.75 Å². The van der Waals surface area contributed by atoms with Crippen LogP contribution in [0.1, 0.15) is 24.1 Å². The third-order valence-electron chi connectivity index (χ3n) is 4.57. The third-order valence-corrected chi connectivity index (χ3v) is 4.57. The molecule has 146 valence electrons. The highest BCUT2D eigenvalue weighted by molar-refractivity contribution is 5.99. The monoisotopic (exact) mass is 391 g/mol. The Morgan fingerprint density at radius 2 is 1.97 bits per heavy atom. The molecule has 0 saturated heterocycles. The Balaban J connectivity index is 1.73. The summed E-state index contributed by atoms with van der Waals surface area (Å²) in [5, 5.41) is 7.39. The molecule has 2 N–H and O–H groups in total. The Kier molecular flexibility index (Phi) is 4.96. The van der Waals surface area contributed by atoms with Crippen molar-refractivity contribution in [3.63, 3.8) is 0 Å². The molecule has 3 aromatic heterocycles. The molecule has 1 aliphatic rings. The number of anilines is 2. The molecule has 0 bridgehead atoms. The van der Waals surface area contributed by atoms with E-state index in [0.29, 0.717) is 17.2 Å². The van der Waals surface area contributed by atoms with Crippen LogP contribution >= 0.6 is 0 Å². The Hall–Kier alpha value is -3.73. The minimum Gasteiger partial charge on any atom is -0.492 e. The van der Waals surface area contributed by atoms with Crippen LogP contribution < -0.4 is 15.4 Å². The minimum atomic E-state index is -0.533. The van der Waals surface area contributed by atoms with Crippen LogP contribution in [0.4, 0.5) is 16.0 Å². The van der Waals surface area contributed by atoms with Gasteiger partial charge in [-0.05, 0) is 24.8 Å². The van der Waals surface area contributed by atoms with Crippen molar-refractivity contribution in [2.45, 2.75) is 12.8 Å². The van der Waals surface area contributed by atoms with Gasteiger partial charge in [-0.2, -0.15) is 0 Å². The van der Waals surface area contributed by atoms with Gasteiger partial charge in [0, 0.05) is 42.2 Å². The first-order valence-corrected chi connectivity index (χ1v) is 9.08. The first kappa shape index (κ1) is 18.6. The number of hydrogen-bond donors (Lipinski definition) is 2. The third kappa shape index (κ3) is 3.94. The van der Waals surface area contributed by atoms with Crippen molar-refractivity contribution in [3.05, 3.63) is 47.8 Å². The number of nitrogens with one attached hydrogen (secondary N) is 2. The van der Waals surface area contributed by atoms with Crippen LogP contribution in [0.25, 0.3) is 10.8 Å². The fourth-order valence-electron chi connectivity index (χ4n) is 2.84. The van der Waals surface area contributed by atoms with Crippen LogP contribution in [-0.2, 0) is 4.79 Å². The van der Waals surface area contributed by atoms with Gasteiger partial charge in [-0.3, -0.25) is 4.79 Å². The highest BCUT2D eigenvalue weighted by Gasteiger charge is 2.29. The lowest BCUT2D eigenvalue weighted by Gasteiger charge is -2.09. The van der Waals surface area contributed by atoms with E-state index >= 15 is 0 Å². The molecule has 8 heteroatoms. The molecular weight excluding hydrogens is 373 g/mol. The first-order chi connectivity index (χ1) is 14.1. The van der Waals surface area contributed by atoms with Gasteiger partial charge in [0.25, 0.3) is 0 Å². The number of methoxy groups -OCH3 is 1. The Morgan fingerprint density at radius 1 is 1.14 bits per heavy atom. The lowest BCUT2D eigenvalue weighted by Crippen LogP contribution is -2.14. The molecule has 0 radical (unpaired) electrons. The number of fused-ring (bicyclic) bond motifs is 1. The zero-order chi connectivity index (χ0) is 20.4. The van der Waals surface area contributed by atoms with Gasteiger partial charge >= 0.3 is 0 Å². The summed E-state index contributed by atoms with van der Waals surface area (Å²) < 4.78 is 18.7. The number of amides is 1. The van der Waals surface area contributed by atoms with Crippen molar-refractivity contribution in [2.24, 2.45) is 5.92 Å². The van der Waals surface area contributed by atoms with E-state index in [4.69, 9.17) is 4.74 Å². The van der Waals surface area contributed by atoms with E-state index in [2.05, 4.69) is 37.4 Å². The fraction of sp³-hybridized carbons (Fsp3) is 0.238. The minimum absolute atomic E-state index is 0.0229. The van der Waals surface area contributed by atoms with Crippen molar-refractivity contribution in [1.82, 2.24) is 15.0 Å². The first-order valence-electron chi connectivity index (χ1n) is 9.08. The maximum Gasteiger partial charge on any atom is 0.228 e. The van der Waals surface area contributed by atoms with Crippen molar-refractivity contribution in [3.8, 4) is 17.6 Å². The number of aromatic nitrogens is 3. The second-order valence-electron chi connectivity index (χ2n) is 6.60. The molecule has 4 rings (SSSR count). The van der Waals surface area contributed by atoms with Gasteiger partial charge in [0.15, 0.2) is 11.6 Å². The maximum absolute atomic E-state index is 13.9. The summed E-state index contributed by atoms with van der Waals surface area (Å²) in [6.07, 6.45) is 6.38. The van der Waals surface area contributed by atoms with Crippen molar-refractivity contribution >= 4 is 28.3 Å². The Labute approximate surface area is 166 Å². The summed E-state index contributed by atoms with van der Waals surface area (Å²) in [5.41, 5.74) is 0.881. The predicted molar refractivity (Wildman–Crippen MR) is 107 cm³/mol. The summed E-state index contributed by atoms with van der Waals surface area (Å²) in [5.74, 6) is 6.51. The fourth-order valence-corrected chi connectivity index (χ4v) is 2.84. The lowest BCUT2D eigenvalue weighted by atomic mass is 10.1. The SMILES string of the molecule is CNc1ncc(C#Cc2cc(F)c(OC)cn2)c2cc(NC(=O)C3CC3)ncc12. The summed E-state index contributed by atoms with van der Waals surface area (Å²) in [4.78, 5) is 24.8. The van der Waals surface area contributed by atoms with Crippen LogP contribution in [0, 0.1) is 23.6 Å². The van der Waals surface area contributed by atoms with E-state index in [9.17, 15) is 9.18 Å². The number of hydrogen-bond acceptors (Lipinski definition) is 6. The molecular formula is C21H18FN5O2. The van der Waals surface area contributed by atoms with Gasteiger partial charge < -0.3 is 15.4 Å². The van der Waals surface area contributed by atoms with Crippen LogP contribution in [0.2, 0.25) is 0 Å². The molecule has 29 heavy (non-hydrogen) atoms. The second kappa shape index (κ2) is 7.72. The molecule has 0 aliphatic heterocycles. The smallest absolute Gasteiger partial charge is 0.228 e. The van der Waals surface area contributed by atoms with Gasteiger partial charge in [-0.15, -0.1) is 0 Å². The molecule has 0 unspecified atom stereocenters. The number of carbonyl (C=O) groups is 1. The van der Waals surface area contributed by atoms with Crippen LogP contribution in [0.15, 0.2) is 30.7 Å². The molecule has 7 nitrogen and oxygen atoms in total. The summed E-state index contributed by atoms with van der Waals surface area (Å²) in [7, 11) is 3.14. The van der Waals surface area contributed by atoms with Crippen LogP contribution in [0.3, 0.4) is 0 Å². The summed E-state index contributed by atoms with van der Waals surface area (Å²) in [6.45, 7) is 0. The molecule has 0 aromatic carbocycles. The topological polar surface area (TPSA) is 89.0 Å². The number of halogens is 1. The van der Waals surface area contributed by atoms with E-state index in [1.54, 1.807) is 25.5 Å². The van der Waals surface area contributed by atoms with Crippen molar-refractivity contribution < 1.29 is 13.9 Å². The zero-order valence-electron chi connectivity index (χ0n) is 15.9. The second-order valence-corrected chi connectivity index (χ2v) is 6.60. The number of nitrogens with zero attached hydrogens (tertiary/aromatic N) is 3. The number of ether oxygens (including phenoxy) is 1. The normalized spacial score (nSPS) is 12.8.